The summed E-state index contributed by atoms with van der Waals surface area (Å²) in [6.45, 7) is 0. The Bertz CT molecular complexity index is 422. The molecule has 0 aromatic rings. The molecule has 0 amide bonds. The Kier molecular flexibility index (Phi) is 22.1. The van der Waals surface area contributed by atoms with Crippen LogP contribution in [0.15, 0.2) is 0 Å². The maximum absolute atomic E-state index is 9.38. The Morgan fingerprint density at radius 1 is 0.882 bits per heavy atom. The number of hydrogen-bond donors (Lipinski definition) is 1. The van der Waals surface area contributed by atoms with Gasteiger partial charge in [-0.15, -0.1) is 0 Å². The third-order valence-electron chi connectivity index (χ3n) is 0.167. The van der Waals surface area contributed by atoms with E-state index in [1.54, 1.807) is 0 Å². The molecular formula is H4Cr2FeKNO11S. The van der Waals surface area contributed by atoms with E-state index in [0.717, 1.165) is 0 Å². The van der Waals surface area contributed by atoms with Crippen LogP contribution >= 0.6 is 0 Å². The van der Waals surface area contributed by atoms with Crippen LogP contribution in [0.1, 0.15) is 0 Å². The van der Waals surface area contributed by atoms with Gasteiger partial charge < -0.3 is 15.3 Å². The molecule has 17 heteroatoms. The zero-order valence-electron chi connectivity index (χ0n) is 8.07. The average Bonchev–Trinajstić information content (AvgIpc) is 1.42. The fourth-order valence-corrected chi connectivity index (χ4v) is 1.74. The van der Waals surface area contributed by atoms with Gasteiger partial charge in [0.25, 0.3) is 0 Å². The van der Waals surface area contributed by atoms with Crippen LogP contribution in [0.4, 0.5) is 0 Å². The number of rotatable bonds is 2. The minimum atomic E-state index is -6.07. The summed E-state index contributed by atoms with van der Waals surface area (Å²) in [6, 6.07) is 0. The molecule has 0 aliphatic heterocycles. The molecule has 0 spiro atoms. The van der Waals surface area contributed by atoms with Gasteiger partial charge in [0.2, 0.25) is 0 Å². The van der Waals surface area contributed by atoms with Crippen LogP contribution in [-0.2, 0) is 72.7 Å². The minimum absolute atomic E-state index is 0. The Balaban J connectivity index is -0.0000000533. The first-order chi connectivity index (χ1) is 5.71. The van der Waals surface area contributed by atoms with E-state index < -0.39 is 37.6 Å². The quantitative estimate of drug-likeness (QED) is 0.248. The summed E-state index contributed by atoms with van der Waals surface area (Å²) >= 11 is -12.1. The van der Waals surface area contributed by atoms with Gasteiger partial charge in [-0.2, -0.15) is 0 Å². The molecule has 17 heavy (non-hydrogen) atoms. The van der Waals surface area contributed by atoms with Crippen molar-refractivity contribution in [2.24, 2.45) is 0 Å². The SMILES string of the molecule is O=S(=O)([O-])[O-].[Fe+2].[K+].[NH4+].[O]=[Cr](=[O])([O-])[O][Cr](=[O])(=[O])[O-]. The molecule has 0 atom stereocenters. The van der Waals surface area contributed by atoms with E-state index in [1.165, 1.54) is 0 Å². The van der Waals surface area contributed by atoms with Crippen molar-refractivity contribution in [3.8, 4) is 0 Å². The molecule has 0 aliphatic carbocycles. The number of hydrogen-bond acceptors (Lipinski definition) is 11. The molecule has 0 saturated heterocycles. The molecule has 0 fully saturated rings. The topological polar surface area (TPSA) is 240 Å². The first kappa shape index (κ1) is 31.5. The zero-order valence-corrected chi connectivity index (χ0v) is 15.7. The molecule has 0 aromatic heterocycles. The van der Waals surface area contributed by atoms with E-state index in [9.17, 15) is 23.5 Å². The van der Waals surface area contributed by atoms with Crippen LogP contribution in [0, 0.1) is 0 Å². The Labute approximate surface area is 153 Å². The molecule has 4 N–H and O–H groups in total. The van der Waals surface area contributed by atoms with Gasteiger partial charge in [0.15, 0.2) is 0 Å². The van der Waals surface area contributed by atoms with Gasteiger partial charge in [-0.1, -0.05) is 0 Å². The molecule has 0 heterocycles. The summed E-state index contributed by atoms with van der Waals surface area (Å²) in [5.74, 6) is 0. The second-order valence-corrected chi connectivity index (χ2v) is 5.75. The fourth-order valence-electron chi connectivity index (χ4n) is 0.102. The normalized spacial score (nSPS) is 10.6. The predicted molar refractivity (Wildman–Crippen MR) is 20.3 cm³/mol. The molecule has 0 aromatic carbocycles. The summed E-state index contributed by atoms with van der Waals surface area (Å²) in [6.07, 6.45) is 0. The third-order valence-corrected chi connectivity index (χ3v) is 2.83. The van der Waals surface area contributed by atoms with E-state index in [2.05, 4.69) is 2.84 Å². The van der Waals surface area contributed by atoms with Gasteiger partial charge >= 0.3 is 122 Å². The van der Waals surface area contributed by atoms with Crippen molar-refractivity contribution in [3.63, 3.8) is 0 Å². The van der Waals surface area contributed by atoms with Crippen molar-refractivity contribution in [1.82, 2.24) is 6.15 Å². The Morgan fingerprint density at radius 3 is 1.00 bits per heavy atom. The van der Waals surface area contributed by atoms with Gasteiger partial charge in [0, 0.05) is 10.4 Å². The molecule has 0 rings (SSSR count). The van der Waals surface area contributed by atoms with Crippen molar-refractivity contribution in [1.29, 1.82) is 0 Å². The van der Waals surface area contributed by atoms with Crippen molar-refractivity contribution in [2.45, 2.75) is 0 Å². The van der Waals surface area contributed by atoms with Crippen LogP contribution in [0.5, 0.6) is 0 Å². The molecule has 0 radical (unpaired) electrons. The second-order valence-electron chi connectivity index (χ2n) is 1.29. The molecule has 102 valence electrons. The van der Waals surface area contributed by atoms with Crippen molar-refractivity contribution >= 4 is 10.4 Å². The van der Waals surface area contributed by atoms with E-state index in [1.807, 2.05) is 0 Å². The van der Waals surface area contributed by atoms with Gasteiger partial charge in [0.1, 0.15) is 0 Å². The van der Waals surface area contributed by atoms with Crippen molar-refractivity contribution < 1.29 is 140 Å². The Hall–Kier alpha value is 2.13. The van der Waals surface area contributed by atoms with Gasteiger partial charge in [0.05, 0.1) is 0 Å². The monoisotopic (exact) mass is 425 g/mol. The zero-order chi connectivity index (χ0) is 12.2. The van der Waals surface area contributed by atoms with E-state index in [0.29, 0.717) is 0 Å². The third kappa shape index (κ3) is 71.4. The first-order valence-corrected chi connectivity index (χ1v) is 7.50. The summed E-state index contributed by atoms with van der Waals surface area (Å²) < 4.78 is 93.0. The number of quaternary nitrogens is 1. The molecular weight excluding hydrogens is 421 g/mol. The van der Waals surface area contributed by atoms with Crippen molar-refractivity contribution in [2.75, 3.05) is 0 Å². The Morgan fingerprint density at radius 2 is 1.00 bits per heavy atom. The van der Waals surface area contributed by atoms with E-state index in [4.69, 9.17) is 17.5 Å². The van der Waals surface area contributed by atoms with Gasteiger partial charge in [-0.25, -0.2) is 0 Å². The van der Waals surface area contributed by atoms with Crippen LogP contribution in [0.25, 0.3) is 0 Å². The maximum atomic E-state index is 9.38. The predicted octanol–water partition coefficient (Wildman–Crippen LogP) is -6.89. The van der Waals surface area contributed by atoms with Gasteiger partial charge in [-0.3, -0.25) is 8.42 Å². The second kappa shape index (κ2) is 11.9. The fraction of sp³-hybridized carbons (Fsp3) is 0. The average molecular weight is 425 g/mol. The van der Waals surface area contributed by atoms with Gasteiger partial charge in [-0.05, 0) is 0 Å². The standard InChI is InChI=1S/2Cr.Fe.K.H3N.H2O4S.7O/c;;;;;1-5(2,3)4;;;;;;;/h;;;;1H3;(H2,1,2,3,4);;;;;;;/q;;+2;+1;;;;;;;;2*-1/p-1. The van der Waals surface area contributed by atoms with Crippen LogP contribution < -0.4 is 65.9 Å². The molecule has 0 bridgehead atoms. The summed E-state index contributed by atoms with van der Waals surface area (Å²) in [5, 5.41) is 0. The molecule has 12 nitrogen and oxygen atoms in total. The van der Waals surface area contributed by atoms with Crippen molar-refractivity contribution in [3.05, 3.63) is 0 Å². The molecule has 0 aliphatic rings. The summed E-state index contributed by atoms with van der Waals surface area (Å²) in [7, 11) is -5.17. The van der Waals surface area contributed by atoms with E-state index >= 15 is 0 Å². The van der Waals surface area contributed by atoms with Crippen LogP contribution in [-0.4, -0.2) is 17.5 Å². The molecule has 0 unspecified atom stereocenters. The first-order valence-electron chi connectivity index (χ1n) is 2.00. The van der Waals surface area contributed by atoms with E-state index in [-0.39, 0.29) is 74.6 Å². The summed E-state index contributed by atoms with van der Waals surface area (Å²) in [5.41, 5.74) is 0. The summed E-state index contributed by atoms with van der Waals surface area (Å²) in [4.78, 5) is 0. The van der Waals surface area contributed by atoms with Crippen LogP contribution in [0.3, 0.4) is 0 Å². The molecule has 0 saturated carbocycles. The van der Waals surface area contributed by atoms with Crippen LogP contribution in [0.2, 0.25) is 0 Å².